The molecule has 0 bridgehead atoms. The fraction of sp³-hybridized carbons (Fsp3) is 0.556. The standard InChI is InChI=1S/C9H13F/c1-3-8-6-7(2)4-5-9(8)10/h4-5,7H,3,6H2,1-2H3. The van der Waals surface area contributed by atoms with Gasteiger partial charge in [-0.05, 0) is 30.4 Å². The van der Waals surface area contributed by atoms with Crippen molar-refractivity contribution in [2.45, 2.75) is 26.7 Å². The summed E-state index contributed by atoms with van der Waals surface area (Å²) < 4.78 is 12.8. The highest BCUT2D eigenvalue weighted by molar-refractivity contribution is 5.24. The molecular weight excluding hydrogens is 127 g/mol. The molecule has 56 valence electrons. The van der Waals surface area contributed by atoms with E-state index in [2.05, 4.69) is 6.92 Å². The number of rotatable bonds is 1. The minimum absolute atomic E-state index is 0.0133. The van der Waals surface area contributed by atoms with Crippen LogP contribution in [-0.2, 0) is 0 Å². The van der Waals surface area contributed by atoms with E-state index in [1.807, 2.05) is 13.0 Å². The molecule has 0 spiro atoms. The number of allylic oxidation sites excluding steroid dienone is 4. The van der Waals surface area contributed by atoms with Crippen molar-refractivity contribution in [2.75, 3.05) is 0 Å². The van der Waals surface area contributed by atoms with Crippen LogP contribution < -0.4 is 0 Å². The van der Waals surface area contributed by atoms with Gasteiger partial charge in [-0.2, -0.15) is 0 Å². The van der Waals surface area contributed by atoms with Crippen LogP contribution >= 0.6 is 0 Å². The van der Waals surface area contributed by atoms with E-state index in [1.54, 1.807) is 6.08 Å². The van der Waals surface area contributed by atoms with E-state index in [0.717, 1.165) is 18.4 Å². The van der Waals surface area contributed by atoms with E-state index in [4.69, 9.17) is 0 Å². The van der Waals surface area contributed by atoms with Crippen molar-refractivity contribution in [3.05, 3.63) is 23.6 Å². The SMILES string of the molecule is CCC1=C(F)C=CC(C)C1. The summed E-state index contributed by atoms with van der Waals surface area (Å²) in [6.07, 6.45) is 5.26. The van der Waals surface area contributed by atoms with Crippen molar-refractivity contribution >= 4 is 0 Å². The van der Waals surface area contributed by atoms with Crippen LogP contribution in [0.1, 0.15) is 26.7 Å². The second-order valence-corrected chi connectivity index (χ2v) is 2.85. The number of halogens is 1. The average Bonchev–Trinajstić information content (AvgIpc) is 1.94. The van der Waals surface area contributed by atoms with E-state index in [-0.39, 0.29) is 5.83 Å². The fourth-order valence-corrected chi connectivity index (χ4v) is 1.23. The van der Waals surface area contributed by atoms with E-state index >= 15 is 0 Å². The van der Waals surface area contributed by atoms with Crippen molar-refractivity contribution in [2.24, 2.45) is 5.92 Å². The molecule has 1 atom stereocenters. The summed E-state index contributed by atoms with van der Waals surface area (Å²) in [7, 11) is 0. The van der Waals surface area contributed by atoms with Crippen molar-refractivity contribution in [1.29, 1.82) is 0 Å². The summed E-state index contributed by atoms with van der Waals surface area (Å²) in [4.78, 5) is 0. The first-order valence-corrected chi connectivity index (χ1v) is 3.79. The van der Waals surface area contributed by atoms with Gasteiger partial charge in [-0.1, -0.05) is 19.9 Å². The van der Waals surface area contributed by atoms with Crippen LogP contribution in [0.4, 0.5) is 4.39 Å². The zero-order chi connectivity index (χ0) is 7.56. The van der Waals surface area contributed by atoms with Gasteiger partial charge in [0, 0.05) is 0 Å². The third kappa shape index (κ3) is 1.47. The van der Waals surface area contributed by atoms with Gasteiger partial charge >= 0.3 is 0 Å². The molecule has 0 aromatic rings. The summed E-state index contributed by atoms with van der Waals surface area (Å²) in [5, 5.41) is 0. The summed E-state index contributed by atoms with van der Waals surface area (Å²) in [6, 6.07) is 0. The predicted molar refractivity (Wildman–Crippen MR) is 41.3 cm³/mol. The Labute approximate surface area is 61.4 Å². The summed E-state index contributed by atoms with van der Waals surface area (Å²) in [6.45, 7) is 4.11. The van der Waals surface area contributed by atoms with Crippen LogP contribution in [0.3, 0.4) is 0 Å². The third-order valence-corrected chi connectivity index (χ3v) is 1.90. The quantitative estimate of drug-likeness (QED) is 0.524. The Morgan fingerprint density at radius 1 is 1.70 bits per heavy atom. The lowest BCUT2D eigenvalue weighted by molar-refractivity contribution is 0.589. The van der Waals surface area contributed by atoms with E-state index < -0.39 is 0 Å². The van der Waals surface area contributed by atoms with Crippen LogP contribution in [0, 0.1) is 5.92 Å². The smallest absolute Gasteiger partial charge is 0.122 e. The molecule has 0 amide bonds. The lowest BCUT2D eigenvalue weighted by atomic mass is 9.94. The summed E-state index contributed by atoms with van der Waals surface area (Å²) >= 11 is 0. The first-order chi connectivity index (χ1) is 4.74. The molecule has 0 radical (unpaired) electrons. The van der Waals surface area contributed by atoms with Gasteiger partial charge in [-0.15, -0.1) is 0 Å². The molecule has 1 aliphatic rings. The van der Waals surface area contributed by atoms with Crippen LogP contribution in [0.5, 0.6) is 0 Å². The molecular formula is C9H13F. The Bertz CT molecular complexity index is 177. The second kappa shape index (κ2) is 3.00. The van der Waals surface area contributed by atoms with E-state index in [9.17, 15) is 4.39 Å². The van der Waals surface area contributed by atoms with Crippen molar-refractivity contribution < 1.29 is 4.39 Å². The molecule has 0 aromatic heterocycles. The second-order valence-electron chi connectivity index (χ2n) is 2.85. The van der Waals surface area contributed by atoms with Crippen LogP contribution in [-0.4, -0.2) is 0 Å². The Balaban J connectivity index is 2.74. The molecule has 1 unspecified atom stereocenters. The van der Waals surface area contributed by atoms with Crippen molar-refractivity contribution in [1.82, 2.24) is 0 Å². The minimum atomic E-state index is -0.0133. The van der Waals surface area contributed by atoms with E-state index in [1.165, 1.54) is 0 Å². The van der Waals surface area contributed by atoms with Gasteiger partial charge in [-0.25, -0.2) is 4.39 Å². The monoisotopic (exact) mass is 140 g/mol. The Morgan fingerprint density at radius 3 is 2.90 bits per heavy atom. The lowest BCUT2D eigenvalue weighted by Crippen LogP contribution is -1.99. The highest BCUT2D eigenvalue weighted by Crippen LogP contribution is 2.25. The molecule has 0 saturated carbocycles. The maximum Gasteiger partial charge on any atom is 0.122 e. The van der Waals surface area contributed by atoms with Crippen molar-refractivity contribution in [3.63, 3.8) is 0 Å². The number of hydrogen-bond donors (Lipinski definition) is 0. The molecule has 0 nitrogen and oxygen atoms in total. The van der Waals surface area contributed by atoms with Gasteiger partial charge in [0.05, 0.1) is 0 Å². The van der Waals surface area contributed by atoms with Crippen LogP contribution in [0.2, 0.25) is 0 Å². The topological polar surface area (TPSA) is 0 Å². The largest absolute Gasteiger partial charge is 0.207 e. The molecule has 0 heterocycles. The van der Waals surface area contributed by atoms with Gasteiger partial charge in [0.15, 0.2) is 0 Å². The highest BCUT2D eigenvalue weighted by atomic mass is 19.1. The van der Waals surface area contributed by atoms with Gasteiger partial charge in [-0.3, -0.25) is 0 Å². The van der Waals surface area contributed by atoms with E-state index in [0.29, 0.717) is 5.92 Å². The minimum Gasteiger partial charge on any atom is -0.207 e. The number of hydrogen-bond acceptors (Lipinski definition) is 0. The molecule has 1 rings (SSSR count). The van der Waals surface area contributed by atoms with Gasteiger partial charge in [0.25, 0.3) is 0 Å². The lowest BCUT2D eigenvalue weighted by Gasteiger charge is -2.13. The Kier molecular flexibility index (Phi) is 2.25. The van der Waals surface area contributed by atoms with Gasteiger partial charge < -0.3 is 0 Å². The molecule has 0 aromatic carbocycles. The normalized spacial score (nSPS) is 25.7. The predicted octanol–water partition coefficient (Wildman–Crippen LogP) is 3.22. The molecule has 0 fully saturated rings. The van der Waals surface area contributed by atoms with Crippen LogP contribution in [0.25, 0.3) is 0 Å². The fourth-order valence-electron chi connectivity index (χ4n) is 1.23. The average molecular weight is 140 g/mol. The molecule has 0 N–H and O–H groups in total. The molecule has 10 heavy (non-hydrogen) atoms. The molecule has 0 aliphatic heterocycles. The maximum atomic E-state index is 12.8. The Morgan fingerprint density at radius 2 is 2.40 bits per heavy atom. The first-order valence-electron chi connectivity index (χ1n) is 3.79. The van der Waals surface area contributed by atoms with Gasteiger partial charge in [0.2, 0.25) is 0 Å². The molecule has 0 saturated heterocycles. The maximum absolute atomic E-state index is 12.8. The van der Waals surface area contributed by atoms with Gasteiger partial charge in [0.1, 0.15) is 5.83 Å². The summed E-state index contributed by atoms with van der Waals surface area (Å²) in [5.74, 6) is 0.509. The summed E-state index contributed by atoms with van der Waals surface area (Å²) in [5.41, 5.74) is 0.968. The Hall–Kier alpha value is -0.590. The third-order valence-electron chi connectivity index (χ3n) is 1.90. The zero-order valence-corrected chi connectivity index (χ0v) is 6.52. The molecule has 1 heteroatoms. The van der Waals surface area contributed by atoms with Crippen LogP contribution in [0.15, 0.2) is 23.6 Å². The zero-order valence-electron chi connectivity index (χ0n) is 6.52. The van der Waals surface area contributed by atoms with Crippen molar-refractivity contribution in [3.8, 4) is 0 Å². The highest BCUT2D eigenvalue weighted by Gasteiger charge is 2.10. The first kappa shape index (κ1) is 7.52. The molecule has 1 aliphatic carbocycles.